The number of rotatable bonds is 1. The van der Waals surface area contributed by atoms with Crippen molar-refractivity contribution >= 4 is 0 Å². The van der Waals surface area contributed by atoms with E-state index in [4.69, 9.17) is 5.11 Å². The molecule has 1 unspecified atom stereocenters. The molecule has 1 aromatic rings. The van der Waals surface area contributed by atoms with Crippen LogP contribution in [0.3, 0.4) is 0 Å². The standard InChI is InChI=1S/C12H14O/c13-12-8-6-11(7-9-12)10-4-2-1-3-5-10/h1-2,6-10,13H,3-5H2. The van der Waals surface area contributed by atoms with Gasteiger partial charge in [0.05, 0.1) is 0 Å². The van der Waals surface area contributed by atoms with E-state index in [0.717, 1.165) is 6.42 Å². The Morgan fingerprint density at radius 1 is 1.08 bits per heavy atom. The lowest BCUT2D eigenvalue weighted by molar-refractivity contribution is 0.474. The minimum Gasteiger partial charge on any atom is -0.508 e. The molecule has 1 N–H and O–H groups in total. The normalized spacial score (nSPS) is 21.7. The first-order valence-corrected chi connectivity index (χ1v) is 4.80. The molecule has 13 heavy (non-hydrogen) atoms. The SMILES string of the molecule is Oc1ccc(C2CC=CCC2)cc1. The highest BCUT2D eigenvalue weighted by molar-refractivity contribution is 5.29. The Hall–Kier alpha value is -1.24. The van der Waals surface area contributed by atoms with Crippen LogP contribution >= 0.6 is 0 Å². The maximum Gasteiger partial charge on any atom is 0.115 e. The van der Waals surface area contributed by atoms with Gasteiger partial charge in [0.25, 0.3) is 0 Å². The predicted molar refractivity (Wildman–Crippen MR) is 53.8 cm³/mol. The number of hydrogen-bond acceptors (Lipinski definition) is 1. The Bertz CT molecular complexity index is 297. The van der Waals surface area contributed by atoms with Gasteiger partial charge < -0.3 is 5.11 Å². The molecule has 0 aromatic heterocycles. The quantitative estimate of drug-likeness (QED) is 0.648. The maximum absolute atomic E-state index is 9.14. The first-order chi connectivity index (χ1) is 6.36. The molecule has 0 bridgehead atoms. The zero-order chi connectivity index (χ0) is 9.10. The molecule has 1 aliphatic carbocycles. The van der Waals surface area contributed by atoms with Crippen molar-refractivity contribution in [1.82, 2.24) is 0 Å². The predicted octanol–water partition coefficient (Wildman–Crippen LogP) is 3.22. The molecular formula is C12H14O. The third-order valence-corrected chi connectivity index (χ3v) is 2.63. The summed E-state index contributed by atoms with van der Waals surface area (Å²) in [7, 11) is 0. The van der Waals surface area contributed by atoms with Crippen LogP contribution in [0, 0.1) is 0 Å². The summed E-state index contributed by atoms with van der Waals surface area (Å²) in [6.45, 7) is 0. The van der Waals surface area contributed by atoms with Crippen LogP contribution in [0.5, 0.6) is 5.75 Å². The fraction of sp³-hybridized carbons (Fsp3) is 0.333. The van der Waals surface area contributed by atoms with Crippen molar-refractivity contribution in [2.75, 3.05) is 0 Å². The molecular weight excluding hydrogens is 160 g/mol. The van der Waals surface area contributed by atoms with Crippen molar-refractivity contribution in [2.24, 2.45) is 0 Å². The summed E-state index contributed by atoms with van der Waals surface area (Å²) < 4.78 is 0. The van der Waals surface area contributed by atoms with Crippen LogP contribution in [-0.4, -0.2) is 5.11 Å². The second-order valence-electron chi connectivity index (χ2n) is 3.57. The van der Waals surface area contributed by atoms with Crippen LogP contribution in [0.25, 0.3) is 0 Å². The van der Waals surface area contributed by atoms with Gasteiger partial charge >= 0.3 is 0 Å². The van der Waals surface area contributed by atoms with Crippen LogP contribution in [0.4, 0.5) is 0 Å². The largest absolute Gasteiger partial charge is 0.508 e. The van der Waals surface area contributed by atoms with Gasteiger partial charge in [-0.25, -0.2) is 0 Å². The van der Waals surface area contributed by atoms with E-state index in [-0.39, 0.29) is 0 Å². The minimum absolute atomic E-state index is 0.357. The summed E-state index contributed by atoms with van der Waals surface area (Å²) >= 11 is 0. The number of phenolic OH excluding ortho intramolecular Hbond substituents is 1. The van der Waals surface area contributed by atoms with Gasteiger partial charge in [-0.15, -0.1) is 0 Å². The lowest BCUT2D eigenvalue weighted by Gasteiger charge is -2.17. The fourth-order valence-corrected chi connectivity index (χ4v) is 1.84. The topological polar surface area (TPSA) is 20.2 Å². The summed E-state index contributed by atoms with van der Waals surface area (Å²) in [6.07, 6.45) is 8.07. The molecule has 1 atom stereocenters. The highest BCUT2D eigenvalue weighted by Crippen LogP contribution is 2.29. The highest BCUT2D eigenvalue weighted by atomic mass is 16.3. The van der Waals surface area contributed by atoms with Gasteiger partial charge in [0.1, 0.15) is 5.75 Å². The van der Waals surface area contributed by atoms with E-state index in [2.05, 4.69) is 12.2 Å². The van der Waals surface area contributed by atoms with Crippen LogP contribution in [0.1, 0.15) is 30.7 Å². The van der Waals surface area contributed by atoms with Crippen LogP contribution < -0.4 is 0 Å². The van der Waals surface area contributed by atoms with E-state index >= 15 is 0 Å². The Kier molecular flexibility index (Phi) is 2.35. The second kappa shape index (κ2) is 3.65. The fourth-order valence-electron chi connectivity index (χ4n) is 1.84. The van der Waals surface area contributed by atoms with Crippen LogP contribution in [0.2, 0.25) is 0 Å². The Balaban J connectivity index is 2.15. The lowest BCUT2D eigenvalue weighted by Crippen LogP contribution is -2.00. The first kappa shape index (κ1) is 8.36. The van der Waals surface area contributed by atoms with Gasteiger partial charge in [-0.2, -0.15) is 0 Å². The molecule has 2 rings (SSSR count). The summed E-state index contributed by atoms with van der Waals surface area (Å²) in [6, 6.07) is 7.60. The highest BCUT2D eigenvalue weighted by Gasteiger charge is 2.11. The van der Waals surface area contributed by atoms with Gasteiger partial charge in [0.2, 0.25) is 0 Å². The molecule has 1 aliphatic rings. The summed E-state index contributed by atoms with van der Waals surface area (Å²) in [5.41, 5.74) is 1.35. The minimum atomic E-state index is 0.357. The average molecular weight is 174 g/mol. The number of allylic oxidation sites excluding steroid dienone is 2. The van der Waals surface area contributed by atoms with E-state index in [1.807, 2.05) is 12.1 Å². The van der Waals surface area contributed by atoms with E-state index in [1.165, 1.54) is 18.4 Å². The third-order valence-electron chi connectivity index (χ3n) is 2.63. The zero-order valence-electron chi connectivity index (χ0n) is 7.61. The average Bonchev–Trinajstić information content (AvgIpc) is 2.20. The van der Waals surface area contributed by atoms with Gasteiger partial charge in [-0.05, 0) is 42.9 Å². The Morgan fingerprint density at radius 2 is 1.85 bits per heavy atom. The van der Waals surface area contributed by atoms with E-state index in [1.54, 1.807) is 12.1 Å². The van der Waals surface area contributed by atoms with Gasteiger partial charge in [-0.1, -0.05) is 24.3 Å². The molecule has 1 aromatic carbocycles. The number of hydrogen-bond donors (Lipinski definition) is 1. The molecule has 68 valence electrons. The monoisotopic (exact) mass is 174 g/mol. The van der Waals surface area contributed by atoms with Crippen LogP contribution in [0.15, 0.2) is 36.4 Å². The van der Waals surface area contributed by atoms with Crippen molar-refractivity contribution in [3.63, 3.8) is 0 Å². The van der Waals surface area contributed by atoms with Crippen molar-refractivity contribution in [3.8, 4) is 5.75 Å². The van der Waals surface area contributed by atoms with E-state index in [9.17, 15) is 0 Å². The maximum atomic E-state index is 9.14. The molecule has 0 amide bonds. The summed E-state index contributed by atoms with van der Waals surface area (Å²) in [5, 5.41) is 9.14. The first-order valence-electron chi connectivity index (χ1n) is 4.80. The van der Waals surface area contributed by atoms with E-state index < -0.39 is 0 Å². The summed E-state index contributed by atoms with van der Waals surface area (Å²) in [4.78, 5) is 0. The summed E-state index contributed by atoms with van der Waals surface area (Å²) in [5.74, 6) is 1.01. The lowest BCUT2D eigenvalue weighted by atomic mass is 9.88. The van der Waals surface area contributed by atoms with Crippen LogP contribution in [-0.2, 0) is 0 Å². The zero-order valence-corrected chi connectivity index (χ0v) is 7.61. The number of aromatic hydroxyl groups is 1. The van der Waals surface area contributed by atoms with E-state index in [0.29, 0.717) is 11.7 Å². The van der Waals surface area contributed by atoms with Crippen molar-refractivity contribution in [2.45, 2.75) is 25.2 Å². The molecule has 1 nitrogen and oxygen atoms in total. The molecule has 0 radical (unpaired) electrons. The Morgan fingerprint density at radius 3 is 2.46 bits per heavy atom. The molecule has 0 heterocycles. The smallest absolute Gasteiger partial charge is 0.115 e. The second-order valence-corrected chi connectivity index (χ2v) is 3.57. The molecule has 0 spiro atoms. The molecule has 1 heteroatoms. The number of benzene rings is 1. The van der Waals surface area contributed by atoms with Gasteiger partial charge in [0.15, 0.2) is 0 Å². The van der Waals surface area contributed by atoms with Crippen molar-refractivity contribution in [1.29, 1.82) is 0 Å². The van der Waals surface area contributed by atoms with Crippen molar-refractivity contribution in [3.05, 3.63) is 42.0 Å². The van der Waals surface area contributed by atoms with Crippen molar-refractivity contribution < 1.29 is 5.11 Å². The Labute approximate surface area is 78.7 Å². The molecule has 0 fully saturated rings. The van der Waals surface area contributed by atoms with Gasteiger partial charge in [-0.3, -0.25) is 0 Å². The molecule has 0 aliphatic heterocycles. The van der Waals surface area contributed by atoms with Gasteiger partial charge in [0, 0.05) is 0 Å². The molecule has 0 saturated carbocycles. The number of phenols is 1. The third kappa shape index (κ3) is 1.92. The molecule has 0 saturated heterocycles.